The van der Waals surface area contributed by atoms with E-state index >= 15 is 0 Å². The van der Waals surface area contributed by atoms with Gasteiger partial charge in [0.05, 0.1) is 22.8 Å². The molecule has 10 nitrogen and oxygen atoms in total. The fraction of sp³-hybridized carbons (Fsp3) is 0.467. The Labute approximate surface area is 239 Å². The number of ether oxygens (including phenoxy) is 1. The van der Waals surface area contributed by atoms with E-state index in [2.05, 4.69) is 9.97 Å². The summed E-state index contributed by atoms with van der Waals surface area (Å²) in [5, 5.41) is 4.85. The minimum atomic E-state index is -3.81. The lowest BCUT2D eigenvalue weighted by molar-refractivity contribution is 0.341. The van der Waals surface area contributed by atoms with Crippen molar-refractivity contribution in [3.63, 3.8) is 0 Å². The van der Waals surface area contributed by atoms with E-state index in [-0.39, 0.29) is 28.1 Å². The first kappa shape index (κ1) is 27.6. The fourth-order valence-corrected chi connectivity index (χ4v) is 7.73. The van der Waals surface area contributed by atoms with Crippen molar-refractivity contribution < 1.29 is 13.2 Å². The zero-order valence-electron chi connectivity index (χ0n) is 23.5. The van der Waals surface area contributed by atoms with Gasteiger partial charge in [-0.25, -0.2) is 17.9 Å². The maximum atomic E-state index is 13.8. The topological polar surface area (TPSA) is 123 Å². The zero-order valence-corrected chi connectivity index (χ0v) is 24.4. The number of imidazole rings is 1. The summed E-state index contributed by atoms with van der Waals surface area (Å²) < 4.78 is 36.7. The maximum Gasteiger partial charge on any atom is 0.277 e. The third-order valence-corrected chi connectivity index (χ3v) is 10.2. The van der Waals surface area contributed by atoms with Crippen LogP contribution in [0.2, 0.25) is 0 Å². The highest BCUT2D eigenvalue weighted by atomic mass is 32.2. The van der Waals surface area contributed by atoms with Crippen molar-refractivity contribution in [2.75, 3.05) is 19.7 Å². The third kappa shape index (κ3) is 5.28. The lowest BCUT2D eigenvalue weighted by Crippen LogP contribution is -2.28. The highest BCUT2D eigenvalue weighted by molar-refractivity contribution is 7.89. The summed E-state index contributed by atoms with van der Waals surface area (Å²) in [4.78, 5) is 25.6. The van der Waals surface area contributed by atoms with Gasteiger partial charge in [-0.05, 0) is 63.4 Å². The van der Waals surface area contributed by atoms with Crippen LogP contribution in [0.4, 0.5) is 0 Å². The highest BCUT2D eigenvalue weighted by Gasteiger charge is 2.34. The normalized spacial score (nSPS) is 19.0. The molecule has 4 aromatic rings. The average Bonchev–Trinajstić information content (AvgIpc) is 3.51. The predicted molar refractivity (Wildman–Crippen MR) is 156 cm³/mol. The Morgan fingerprint density at radius 2 is 1.85 bits per heavy atom. The number of nitrogens with one attached hydrogen (secondary N) is 1. The van der Waals surface area contributed by atoms with Gasteiger partial charge >= 0.3 is 0 Å². The van der Waals surface area contributed by atoms with Gasteiger partial charge in [-0.15, -0.1) is 5.10 Å². The van der Waals surface area contributed by atoms with E-state index in [0.717, 1.165) is 37.2 Å². The number of hydrogen-bond donors (Lipinski definition) is 1. The number of rotatable bonds is 7. The molecule has 1 atom stereocenters. The molecule has 1 N–H and O–H groups in total. The molecule has 1 aliphatic heterocycles. The number of benzene rings is 1. The smallest absolute Gasteiger partial charge is 0.277 e. The number of aromatic nitrogens is 5. The molecule has 0 radical (unpaired) electrons. The van der Waals surface area contributed by atoms with E-state index in [1.165, 1.54) is 17.1 Å². The van der Waals surface area contributed by atoms with Crippen LogP contribution in [-0.2, 0) is 10.0 Å². The van der Waals surface area contributed by atoms with Crippen LogP contribution in [-0.4, -0.2) is 57.0 Å². The van der Waals surface area contributed by atoms with Gasteiger partial charge in [0, 0.05) is 36.8 Å². The summed E-state index contributed by atoms with van der Waals surface area (Å²) in [7, 11) is -3.81. The first-order valence-electron chi connectivity index (χ1n) is 14.5. The van der Waals surface area contributed by atoms with Crippen molar-refractivity contribution in [2.24, 2.45) is 0 Å². The van der Waals surface area contributed by atoms with E-state index in [0.29, 0.717) is 48.6 Å². The van der Waals surface area contributed by atoms with Crippen molar-refractivity contribution in [2.45, 2.75) is 75.5 Å². The van der Waals surface area contributed by atoms with Gasteiger partial charge in [-0.1, -0.05) is 31.7 Å². The molecule has 1 aliphatic carbocycles. The summed E-state index contributed by atoms with van der Waals surface area (Å²) in [5.41, 5.74) is 2.07. The van der Waals surface area contributed by atoms with Gasteiger partial charge in [0.2, 0.25) is 10.0 Å². The summed E-state index contributed by atoms with van der Waals surface area (Å²) >= 11 is 0. The summed E-state index contributed by atoms with van der Waals surface area (Å²) in [6.07, 6.45) is 9.12. The number of sulfonamides is 1. The summed E-state index contributed by atoms with van der Waals surface area (Å²) in [6.45, 7) is 4.84. The lowest BCUT2D eigenvalue weighted by Gasteiger charge is -2.18. The quantitative estimate of drug-likeness (QED) is 0.314. The molecule has 6 rings (SSSR count). The molecule has 41 heavy (non-hydrogen) atoms. The Morgan fingerprint density at radius 1 is 1.05 bits per heavy atom. The first-order chi connectivity index (χ1) is 19.9. The Balaban J connectivity index is 1.40. The number of hydrogen-bond acceptors (Lipinski definition) is 7. The molecule has 2 fully saturated rings. The fourth-order valence-electron chi connectivity index (χ4n) is 6.21. The van der Waals surface area contributed by atoms with E-state index in [9.17, 15) is 13.2 Å². The van der Waals surface area contributed by atoms with Gasteiger partial charge < -0.3 is 9.72 Å². The molecule has 2 aliphatic rings. The second-order valence-electron chi connectivity index (χ2n) is 11.0. The number of pyridine rings is 1. The molecule has 1 unspecified atom stereocenters. The molecule has 0 amide bonds. The molecule has 0 bridgehead atoms. The van der Waals surface area contributed by atoms with E-state index in [1.54, 1.807) is 28.9 Å². The lowest BCUT2D eigenvalue weighted by atomic mass is 10.00. The van der Waals surface area contributed by atoms with Crippen LogP contribution in [0.5, 0.6) is 5.75 Å². The second kappa shape index (κ2) is 11.4. The average molecular weight is 577 g/mol. The van der Waals surface area contributed by atoms with Crippen LogP contribution in [0, 0.1) is 6.92 Å². The molecule has 216 valence electrons. The molecule has 0 spiro atoms. The molecule has 11 heteroatoms. The third-order valence-electron chi connectivity index (χ3n) is 8.32. The van der Waals surface area contributed by atoms with Crippen molar-refractivity contribution in [1.29, 1.82) is 0 Å². The number of fused-ring (bicyclic) bond motifs is 1. The molecule has 3 aromatic heterocycles. The van der Waals surface area contributed by atoms with Crippen molar-refractivity contribution in [3.05, 3.63) is 70.2 Å². The molecular weight excluding hydrogens is 540 g/mol. The highest BCUT2D eigenvalue weighted by Crippen LogP contribution is 2.35. The number of aryl methyl sites for hydroxylation is 1. The van der Waals surface area contributed by atoms with Gasteiger partial charge in [0.25, 0.3) is 5.56 Å². The van der Waals surface area contributed by atoms with Crippen LogP contribution in [0.25, 0.3) is 16.9 Å². The van der Waals surface area contributed by atoms with Gasteiger partial charge in [-0.2, -0.15) is 4.31 Å². The number of H-pyrrole nitrogens is 1. The predicted octanol–water partition coefficient (Wildman–Crippen LogP) is 4.80. The van der Waals surface area contributed by atoms with Crippen LogP contribution < -0.4 is 10.3 Å². The number of aromatic amines is 1. The van der Waals surface area contributed by atoms with Crippen molar-refractivity contribution in [3.8, 4) is 17.1 Å². The molecule has 1 saturated carbocycles. The molecule has 1 saturated heterocycles. The minimum Gasteiger partial charge on any atom is -0.493 e. The Kier molecular flexibility index (Phi) is 7.65. The van der Waals surface area contributed by atoms with Crippen LogP contribution in [0.1, 0.15) is 80.9 Å². The monoisotopic (exact) mass is 576 g/mol. The maximum absolute atomic E-state index is 13.8. The first-order valence-corrected chi connectivity index (χ1v) is 16.0. The summed E-state index contributed by atoms with van der Waals surface area (Å²) in [6, 6.07) is 10.5. The van der Waals surface area contributed by atoms with Crippen LogP contribution in [0.15, 0.2) is 52.3 Å². The Hall–Kier alpha value is -3.57. The van der Waals surface area contributed by atoms with Crippen LogP contribution >= 0.6 is 0 Å². The zero-order chi connectivity index (χ0) is 28.6. The Bertz CT molecular complexity index is 1710. The molecule has 1 aromatic carbocycles. The summed E-state index contributed by atoms with van der Waals surface area (Å²) in [5.74, 6) is 1.77. The SMILES string of the molecule is CCOc1ccc(S(=O)(=O)N2CCC(c3ccccn3)C2)cc1-c1nn2c(C3CCCCCC3)nc(C)c2c(=O)[nH]1. The standard InChI is InChI=1S/C30H36N6O4S/c1-3-40-26-14-13-23(41(38,39)35-17-15-22(19-35)25-12-8-9-16-31-25)18-24(26)28-33-30(37)27-20(2)32-29(36(27)34-28)21-10-6-4-5-7-11-21/h8-9,12-14,16,18,21-22H,3-7,10-11,15,17,19H2,1-2H3,(H,33,34,37). The van der Waals surface area contributed by atoms with E-state index in [4.69, 9.17) is 14.8 Å². The molecule has 4 heterocycles. The van der Waals surface area contributed by atoms with Crippen molar-refractivity contribution >= 4 is 15.5 Å². The minimum absolute atomic E-state index is 0.0421. The number of nitrogens with zero attached hydrogens (tertiary/aromatic N) is 5. The van der Waals surface area contributed by atoms with Crippen molar-refractivity contribution in [1.82, 2.24) is 28.9 Å². The van der Waals surface area contributed by atoms with Crippen LogP contribution in [0.3, 0.4) is 0 Å². The Morgan fingerprint density at radius 3 is 2.59 bits per heavy atom. The molecular formula is C30H36N6O4S. The van der Waals surface area contributed by atoms with E-state index < -0.39 is 10.0 Å². The second-order valence-corrected chi connectivity index (χ2v) is 12.9. The van der Waals surface area contributed by atoms with Gasteiger partial charge in [0.15, 0.2) is 11.3 Å². The van der Waals surface area contributed by atoms with Gasteiger partial charge in [-0.3, -0.25) is 9.78 Å². The van der Waals surface area contributed by atoms with E-state index in [1.807, 2.05) is 32.0 Å². The largest absolute Gasteiger partial charge is 0.493 e. The van der Waals surface area contributed by atoms with Gasteiger partial charge in [0.1, 0.15) is 11.6 Å².